The van der Waals surface area contributed by atoms with E-state index < -0.39 is 15.9 Å². The van der Waals surface area contributed by atoms with Crippen LogP contribution in [0.25, 0.3) is 6.08 Å². The van der Waals surface area contributed by atoms with Crippen LogP contribution in [0.2, 0.25) is 0 Å². The lowest BCUT2D eigenvalue weighted by Crippen LogP contribution is -2.45. The lowest BCUT2D eigenvalue weighted by molar-refractivity contribution is -0.126. The molecular formula is C21H27FN4O4S. The molecule has 0 bridgehead atoms. The van der Waals surface area contributed by atoms with Gasteiger partial charge in [0.1, 0.15) is 11.5 Å². The lowest BCUT2D eigenvalue weighted by Gasteiger charge is -2.31. The summed E-state index contributed by atoms with van der Waals surface area (Å²) >= 11 is 0. The molecule has 0 radical (unpaired) electrons. The van der Waals surface area contributed by atoms with Gasteiger partial charge in [0.05, 0.1) is 5.92 Å². The molecule has 0 saturated carbocycles. The average Bonchev–Trinajstić information content (AvgIpc) is 3.13. The lowest BCUT2D eigenvalue weighted by atomic mass is 9.99. The number of sulfonamides is 1. The molecule has 1 atom stereocenters. The molecule has 0 aliphatic carbocycles. The summed E-state index contributed by atoms with van der Waals surface area (Å²) in [6, 6.07) is 5.87. The first-order chi connectivity index (χ1) is 14.7. The smallest absolute Gasteiger partial charge is 0.248 e. The van der Waals surface area contributed by atoms with Crippen LogP contribution in [0.5, 0.6) is 0 Å². The number of carbonyl (C=O) groups is 1. The van der Waals surface area contributed by atoms with E-state index in [1.54, 1.807) is 36.2 Å². The van der Waals surface area contributed by atoms with Gasteiger partial charge in [-0.3, -0.25) is 4.79 Å². The van der Waals surface area contributed by atoms with Gasteiger partial charge >= 0.3 is 0 Å². The highest BCUT2D eigenvalue weighted by molar-refractivity contribution is 7.89. The number of piperidine rings is 1. The van der Waals surface area contributed by atoms with Gasteiger partial charge in [-0.1, -0.05) is 17.3 Å². The molecule has 1 aliphatic heterocycles. The summed E-state index contributed by atoms with van der Waals surface area (Å²) in [5, 5.41) is 6.64. The van der Waals surface area contributed by atoms with Gasteiger partial charge in [-0.15, -0.1) is 0 Å². The van der Waals surface area contributed by atoms with Gasteiger partial charge in [-0.2, -0.15) is 4.31 Å². The number of halogens is 1. The number of nitrogens with one attached hydrogen (secondary N) is 1. The normalized spacial score (nSPS) is 17.7. The van der Waals surface area contributed by atoms with Crippen molar-refractivity contribution in [1.82, 2.24) is 19.7 Å². The molecule has 1 aromatic carbocycles. The Kier molecular flexibility index (Phi) is 7.11. The largest absolute Gasteiger partial charge is 0.383 e. The molecule has 8 nitrogen and oxygen atoms in total. The van der Waals surface area contributed by atoms with Crippen molar-refractivity contribution in [3.05, 3.63) is 53.3 Å². The quantitative estimate of drug-likeness (QED) is 0.696. The standard InChI is InChI=1S/C21H27FN4O4S/c1-15-20(19(30-24-15)10-12-25(2)3)31(28,29)26-11-4-5-17(14-26)21(27)23-13-16-6-8-18(22)9-7-16/h6-10,12,17H,4-5,11,13-14H2,1-3H3,(H,23,27)/b12-10+. The first kappa shape index (κ1) is 23.0. The van der Waals surface area contributed by atoms with E-state index >= 15 is 0 Å². The fraction of sp³-hybridized carbons (Fsp3) is 0.429. The van der Waals surface area contributed by atoms with E-state index in [1.165, 1.54) is 16.4 Å². The highest BCUT2D eigenvalue weighted by atomic mass is 32.2. The van der Waals surface area contributed by atoms with E-state index in [0.717, 1.165) is 5.56 Å². The minimum atomic E-state index is -3.88. The van der Waals surface area contributed by atoms with Crippen molar-refractivity contribution in [2.45, 2.75) is 31.2 Å². The number of aryl methyl sites for hydroxylation is 1. The number of benzene rings is 1. The number of hydrogen-bond donors (Lipinski definition) is 1. The Labute approximate surface area is 181 Å². The molecule has 1 unspecified atom stereocenters. The monoisotopic (exact) mass is 450 g/mol. The van der Waals surface area contributed by atoms with E-state index in [0.29, 0.717) is 19.4 Å². The highest BCUT2D eigenvalue weighted by Gasteiger charge is 2.36. The first-order valence-corrected chi connectivity index (χ1v) is 11.5. The van der Waals surface area contributed by atoms with Crippen LogP contribution >= 0.6 is 0 Å². The third-order valence-electron chi connectivity index (χ3n) is 5.09. The van der Waals surface area contributed by atoms with E-state index in [4.69, 9.17) is 4.52 Å². The van der Waals surface area contributed by atoms with E-state index in [1.807, 2.05) is 14.1 Å². The Balaban J connectivity index is 1.71. The predicted molar refractivity (Wildman–Crippen MR) is 114 cm³/mol. The second-order valence-corrected chi connectivity index (χ2v) is 9.66. The number of aromatic nitrogens is 1. The number of rotatable bonds is 7. The number of hydrogen-bond acceptors (Lipinski definition) is 6. The Hall–Kier alpha value is -2.72. The molecule has 1 saturated heterocycles. The summed E-state index contributed by atoms with van der Waals surface area (Å²) in [5.74, 6) is -0.870. The minimum absolute atomic E-state index is 0.0259. The molecular weight excluding hydrogens is 423 g/mol. The molecule has 1 fully saturated rings. The molecule has 2 heterocycles. The molecule has 168 valence electrons. The Bertz CT molecular complexity index is 1050. The molecule has 31 heavy (non-hydrogen) atoms. The van der Waals surface area contributed by atoms with Gasteiger partial charge in [0.25, 0.3) is 0 Å². The molecule has 0 spiro atoms. The fourth-order valence-corrected chi connectivity index (χ4v) is 5.23. The second kappa shape index (κ2) is 9.61. The summed E-state index contributed by atoms with van der Waals surface area (Å²) in [6.45, 7) is 2.25. The van der Waals surface area contributed by atoms with Gasteiger partial charge in [-0.25, -0.2) is 12.8 Å². The number of nitrogens with zero attached hydrogens (tertiary/aromatic N) is 3. The topological polar surface area (TPSA) is 95.8 Å². The summed E-state index contributed by atoms with van der Waals surface area (Å²) in [5.41, 5.74) is 1.05. The van der Waals surface area contributed by atoms with Crippen molar-refractivity contribution in [3.8, 4) is 0 Å². The van der Waals surface area contributed by atoms with Crippen molar-refractivity contribution in [1.29, 1.82) is 0 Å². The minimum Gasteiger partial charge on any atom is -0.383 e. The van der Waals surface area contributed by atoms with Gasteiger partial charge in [0.15, 0.2) is 10.7 Å². The van der Waals surface area contributed by atoms with Crippen LogP contribution in [-0.4, -0.2) is 55.9 Å². The zero-order chi connectivity index (χ0) is 22.6. The van der Waals surface area contributed by atoms with E-state index in [-0.39, 0.29) is 41.2 Å². The average molecular weight is 451 g/mol. The summed E-state index contributed by atoms with van der Waals surface area (Å²) in [4.78, 5) is 14.4. The highest BCUT2D eigenvalue weighted by Crippen LogP contribution is 2.29. The molecule has 10 heteroatoms. The number of carbonyl (C=O) groups excluding carboxylic acids is 1. The van der Waals surface area contributed by atoms with Crippen LogP contribution in [0, 0.1) is 18.7 Å². The van der Waals surface area contributed by atoms with Gasteiger partial charge in [0, 0.05) is 46.0 Å². The molecule has 1 amide bonds. The maximum absolute atomic E-state index is 13.3. The zero-order valence-electron chi connectivity index (χ0n) is 17.8. The second-order valence-electron chi connectivity index (χ2n) is 7.79. The van der Waals surface area contributed by atoms with Gasteiger partial charge in [0.2, 0.25) is 15.9 Å². The summed E-state index contributed by atoms with van der Waals surface area (Å²) < 4.78 is 46.2. The third kappa shape index (κ3) is 5.50. The Morgan fingerprint density at radius 3 is 2.74 bits per heavy atom. The molecule has 1 aliphatic rings. The van der Waals surface area contributed by atoms with Gasteiger partial charge in [-0.05, 0) is 37.5 Å². The zero-order valence-corrected chi connectivity index (χ0v) is 18.7. The SMILES string of the molecule is Cc1noc(/C=C/N(C)C)c1S(=O)(=O)N1CCCC(C(=O)NCc2ccc(F)cc2)C1. The molecule has 3 rings (SSSR count). The molecule has 2 aromatic rings. The van der Waals surface area contributed by atoms with E-state index in [9.17, 15) is 17.6 Å². The van der Waals surface area contributed by atoms with Crippen LogP contribution in [0.3, 0.4) is 0 Å². The van der Waals surface area contributed by atoms with Gasteiger partial charge < -0.3 is 14.7 Å². The molecule has 1 aromatic heterocycles. The van der Waals surface area contributed by atoms with Crippen LogP contribution in [-0.2, 0) is 21.4 Å². The van der Waals surface area contributed by atoms with Crippen molar-refractivity contribution in [2.75, 3.05) is 27.2 Å². The van der Waals surface area contributed by atoms with Crippen LogP contribution < -0.4 is 5.32 Å². The predicted octanol–water partition coefficient (Wildman–Crippen LogP) is 2.37. The third-order valence-corrected chi connectivity index (χ3v) is 7.11. The Morgan fingerprint density at radius 2 is 2.06 bits per heavy atom. The van der Waals surface area contributed by atoms with Crippen molar-refractivity contribution in [3.63, 3.8) is 0 Å². The van der Waals surface area contributed by atoms with E-state index in [2.05, 4.69) is 10.5 Å². The van der Waals surface area contributed by atoms with Crippen LogP contribution in [0.4, 0.5) is 4.39 Å². The van der Waals surface area contributed by atoms with Crippen molar-refractivity contribution < 1.29 is 22.1 Å². The fourth-order valence-electron chi connectivity index (χ4n) is 3.46. The number of amides is 1. The van der Waals surface area contributed by atoms with Crippen LogP contribution in [0.1, 0.15) is 29.9 Å². The Morgan fingerprint density at radius 1 is 1.35 bits per heavy atom. The van der Waals surface area contributed by atoms with Crippen molar-refractivity contribution in [2.24, 2.45) is 5.92 Å². The summed E-state index contributed by atoms with van der Waals surface area (Å²) in [7, 11) is -0.254. The molecule has 1 N–H and O–H groups in total. The van der Waals surface area contributed by atoms with Crippen molar-refractivity contribution >= 4 is 22.0 Å². The van der Waals surface area contributed by atoms with Crippen LogP contribution in [0.15, 0.2) is 39.9 Å². The maximum atomic E-state index is 13.3. The summed E-state index contributed by atoms with van der Waals surface area (Å²) in [6.07, 6.45) is 4.41. The maximum Gasteiger partial charge on any atom is 0.248 e. The first-order valence-electron chi connectivity index (χ1n) is 10.0.